The predicted molar refractivity (Wildman–Crippen MR) is 428 cm³/mol. The van der Waals surface area contributed by atoms with Gasteiger partial charge in [0, 0.05) is 105 Å². The SMILES string of the molecule is CC(C)(C)OC(=O)CCC(CCC(=O)OC(C)(C)C)(CCC(=O)OC(C)(C)C)NC(=O)CCC(CCC(=O)NC(CCC(=O)OC(C)(C)C)(CCC(=O)OC(C)(C)C)CCC(=O)OC(C)(C)C)(CCC(=O)NC(CCC(=O)OC(C)(C)C)(CCC(=O)OC(C)(C)C)CCC(=O)OC(C)(C)C)NC(=O)C12CC3CC(CC(C3)C1)C2. The summed E-state index contributed by atoms with van der Waals surface area (Å²) in [6, 6.07) is 0. The van der Waals surface area contributed by atoms with Gasteiger partial charge in [-0.2, -0.15) is 0 Å². The van der Waals surface area contributed by atoms with Crippen molar-refractivity contribution in [2.45, 2.75) is 452 Å². The second-order valence-electron chi connectivity index (χ2n) is 41.7. The Morgan fingerprint density at radius 3 is 0.496 bits per heavy atom. The first-order valence-corrected chi connectivity index (χ1v) is 41.3. The van der Waals surface area contributed by atoms with Crippen LogP contribution in [0.15, 0.2) is 0 Å². The van der Waals surface area contributed by atoms with Crippen molar-refractivity contribution in [3.63, 3.8) is 0 Å². The maximum atomic E-state index is 16.2. The highest BCUT2D eigenvalue weighted by molar-refractivity contribution is 5.86. The number of ether oxygens (including phenoxy) is 9. The summed E-state index contributed by atoms with van der Waals surface area (Å²) in [6.07, 6.45) is -1.31. The summed E-state index contributed by atoms with van der Waals surface area (Å²) in [5.74, 6) is -7.19. The first kappa shape index (κ1) is 100. The minimum absolute atomic E-state index is 0.136. The van der Waals surface area contributed by atoms with Crippen LogP contribution in [0.1, 0.15) is 380 Å². The highest BCUT2D eigenvalue weighted by atomic mass is 16.6. The molecule has 0 aromatic heterocycles. The molecular weight excluding hydrogens is 1450 g/mol. The second kappa shape index (κ2) is 40.3. The number of rotatable bonds is 41. The van der Waals surface area contributed by atoms with Gasteiger partial charge in [0.25, 0.3) is 0 Å². The standard InChI is InChI=1S/C87H148N4O22/c1-74(2,3)105-64(95)31-43-84(44-32-65(96)106-75(4,5)6,45-33-66(97)107-76(7,8)9)88-61(92)28-40-87(91-73(104)83-55-58-52-59(56-83)54-60(53-58)57-83,41-29-62(93)89-85(46-34-67(98)108-77(10,11)12,47-35-68(99)109-78(13,14)15)48-36-69(100)110-79(16,17)18)42-30-63(94)90-86(49-37-70(101)111-80(19,20)21,50-38-71(102)112-81(22,23)24)51-39-72(103)113-82(25,26)27/h58-60H,28-57H2,1-27H3,(H,88,92)(H,89,93)(H,90,94)(H,91,104). The first-order valence-electron chi connectivity index (χ1n) is 41.3. The topological polar surface area (TPSA) is 353 Å². The van der Waals surface area contributed by atoms with Crippen LogP contribution >= 0.6 is 0 Å². The summed E-state index contributed by atoms with van der Waals surface area (Å²) in [5, 5.41) is 13.0. The Kier molecular flexibility index (Phi) is 35.8. The van der Waals surface area contributed by atoms with Crippen molar-refractivity contribution in [2.75, 3.05) is 0 Å². The molecule has 4 fully saturated rings. The number of hydrogen-bond acceptors (Lipinski definition) is 22. The second-order valence-corrected chi connectivity index (χ2v) is 41.7. The van der Waals surface area contributed by atoms with Gasteiger partial charge in [0.15, 0.2) is 0 Å². The molecule has 0 spiro atoms. The van der Waals surface area contributed by atoms with E-state index in [0.29, 0.717) is 19.3 Å². The van der Waals surface area contributed by atoms with Gasteiger partial charge in [-0.05, 0) is 320 Å². The van der Waals surface area contributed by atoms with Crippen LogP contribution in [0.25, 0.3) is 0 Å². The van der Waals surface area contributed by atoms with E-state index in [1.54, 1.807) is 187 Å². The number of amides is 4. The molecule has 648 valence electrons. The Labute approximate surface area is 675 Å². The molecule has 113 heavy (non-hydrogen) atoms. The van der Waals surface area contributed by atoms with E-state index in [0.717, 1.165) is 19.3 Å². The van der Waals surface area contributed by atoms with Gasteiger partial charge in [-0.25, -0.2) is 0 Å². The summed E-state index contributed by atoms with van der Waals surface area (Å²) >= 11 is 0. The smallest absolute Gasteiger partial charge is 0.306 e. The molecule has 4 rings (SSSR count). The van der Waals surface area contributed by atoms with E-state index in [-0.39, 0.29) is 158 Å². The molecule has 0 aliphatic heterocycles. The van der Waals surface area contributed by atoms with Crippen LogP contribution in [0.3, 0.4) is 0 Å². The molecule has 4 aliphatic carbocycles. The van der Waals surface area contributed by atoms with Crippen molar-refractivity contribution in [3.05, 3.63) is 0 Å². The van der Waals surface area contributed by atoms with Crippen molar-refractivity contribution >= 4 is 77.4 Å². The third-order valence-corrected chi connectivity index (χ3v) is 19.7. The maximum absolute atomic E-state index is 16.2. The highest BCUT2D eigenvalue weighted by Gasteiger charge is 2.56. The molecule has 4 aliphatic rings. The largest absolute Gasteiger partial charge is 0.460 e. The average Bonchev–Trinajstić information content (AvgIpc) is 0.736. The summed E-state index contributed by atoms with van der Waals surface area (Å²) in [5.41, 5.74) is -15.4. The molecule has 0 radical (unpaired) electrons. The van der Waals surface area contributed by atoms with E-state index in [9.17, 15) is 43.2 Å². The summed E-state index contributed by atoms with van der Waals surface area (Å²) in [6.45, 7) is 46.1. The predicted octanol–water partition coefficient (Wildman–Crippen LogP) is 15.1. The van der Waals surface area contributed by atoms with Crippen LogP contribution in [0.2, 0.25) is 0 Å². The van der Waals surface area contributed by atoms with Gasteiger partial charge in [-0.3, -0.25) is 62.3 Å². The van der Waals surface area contributed by atoms with E-state index in [1.807, 2.05) is 0 Å². The molecular formula is C87H148N4O22. The fraction of sp³-hybridized carbons (Fsp3) is 0.851. The molecule has 0 heterocycles. The number of carbonyl (C=O) groups excluding carboxylic acids is 13. The molecule has 4 saturated carbocycles. The lowest BCUT2D eigenvalue weighted by Gasteiger charge is -2.56. The van der Waals surface area contributed by atoms with Crippen LogP contribution in [-0.4, -0.2) is 150 Å². The minimum Gasteiger partial charge on any atom is -0.460 e. The fourth-order valence-corrected chi connectivity index (χ4v) is 15.8. The lowest BCUT2D eigenvalue weighted by molar-refractivity contribution is -0.158. The Morgan fingerprint density at radius 1 is 0.221 bits per heavy atom. The van der Waals surface area contributed by atoms with Crippen molar-refractivity contribution in [1.29, 1.82) is 0 Å². The van der Waals surface area contributed by atoms with Gasteiger partial charge < -0.3 is 63.9 Å². The van der Waals surface area contributed by atoms with Crippen molar-refractivity contribution in [1.82, 2.24) is 21.3 Å². The van der Waals surface area contributed by atoms with Gasteiger partial charge in [0.05, 0.1) is 0 Å². The van der Waals surface area contributed by atoms with E-state index >= 15 is 19.2 Å². The zero-order chi connectivity index (χ0) is 86.6. The number of esters is 9. The number of hydrogen-bond donors (Lipinski definition) is 4. The third kappa shape index (κ3) is 42.0. The Morgan fingerprint density at radius 2 is 0.354 bits per heavy atom. The molecule has 4 N–H and O–H groups in total. The minimum atomic E-state index is -1.70. The van der Waals surface area contributed by atoms with Gasteiger partial charge in [-0.15, -0.1) is 0 Å². The number of carbonyl (C=O) groups is 13. The zero-order valence-electron chi connectivity index (χ0n) is 74.4. The van der Waals surface area contributed by atoms with E-state index in [4.69, 9.17) is 42.6 Å². The normalized spacial score (nSPS) is 17.8. The van der Waals surface area contributed by atoms with E-state index < -0.39 is 169 Å². The van der Waals surface area contributed by atoms with Gasteiger partial charge in [0.2, 0.25) is 23.6 Å². The molecule has 4 amide bonds. The molecule has 0 unspecified atom stereocenters. The van der Waals surface area contributed by atoms with Gasteiger partial charge >= 0.3 is 53.7 Å². The van der Waals surface area contributed by atoms with Gasteiger partial charge in [-0.1, -0.05) is 0 Å². The van der Waals surface area contributed by atoms with Crippen LogP contribution < -0.4 is 21.3 Å². The first-order chi connectivity index (χ1) is 51.1. The molecule has 0 aromatic carbocycles. The van der Waals surface area contributed by atoms with Crippen LogP contribution in [0.5, 0.6) is 0 Å². The van der Waals surface area contributed by atoms with E-state index in [2.05, 4.69) is 21.3 Å². The van der Waals surface area contributed by atoms with Crippen molar-refractivity contribution < 1.29 is 105 Å². The highest BCUT2D eigenvalue weighted by Crippen LogP contribution is 2.60. The Bertz CT molecular complexity index is 2700. The molecule has 26 heteroatoms. The molecule has 26 nitrogen and oxygen atoms in total. The lowest BCUT2D eigenvalue weighted by atomic mass is 9.49. The van der Waals surface area contributed by atoms with Crippen LogP contribution in [0, 0.1) is 23.2 Å². The van der Waals surface area contributed by atoms with E-state index in [1.165, 1.54) is 0 Å². The fourth-order valence-electron chi connectivity index (χ4n) is 15.8. The lowest BCUT2D eigenvalue weighted by Crippen LogP contribution is -2.60. The third-order valence-electron chi connectivity index (χ3n) is 19.7. The maximum Gasteiger partial charge on any atom is 0.306 e. The number of nitrogens with one attached hydrogen (secondary N) is 4. The average molecular weight is 1600 g/mol. The molecule has 4 bridgehead atoms. The molecule has 0 aromatic rings. The summed E-state index contributed by atoms with van der Waals surface area (Å²) < 4.78 is 52.0. The zero-order valence-corrected chi connectivity index (χ0v) is 74.4. The Hall–Kier alpha value is -6.89. The van der Waals surface area contributed by atoms with Crippen LogP contribution in [-0.2, 0) is 105 Å². The van der Waals surface area contributed by atoms with Crippen molar-refractivity contribution in [2.24, 2.45) is 23.2 Å². The summed E-state index contributed by atoms with van der Waals surface area (Å²) in [7, 11) is 0. The quantitative estimate of drug-likeness (QED) is 0.0326. The molecule has 0 saturated heterocycles. The monoisotopic (exact) mass is 1600 g/mol. The summed E-state index contributed by atoms with van der Waals surface area (Å²) in [4.78, 5) is 188. The van der Waals surface area contributed by atoms with Crippen molar-refractivity contribution in [3.8, 4) is 0 Å². The Balaban J connectivity index is 2.54. The van der Waals surface area contributed by atoms with Gasteiger partial charge in [0.1, 0.15) is 50.4 Å². The molecule has 0 atom stereocenters. The van der Waals surface area contributed by atoms with Crippen LogP contribution in [0.4, 0.5) is 0 Å².